The van der Waals surface area contributed by atoms with Gasteiger partial charge in [0, 0.05) is 42.1 Å². The van der Waals surface area contributed by atoms with Crippen molar-refractivity contribution in [1.82, 2.24) is 19.4 Å². The number of rotatable bonds is 7. The summed E-state index contributed by atoms with van der Waals surface area (Å²) in [6, 6.07) is 5.27. The highest BCUT2D eigenvalue weighted by molar-refractivity contribution is 9.10. The highest BCUT2D eigenvalue weighted by atomic mass is 79.9. The lowest BCUT2D eigenvalue weighted by molar-refractivity contribution is 0.0668. The molecule has 1 unspecified atom stereocenters. The number of fused-ring (bicyclic) bond motifs is 1. The Bertz CT molecular complexity index is 1150. The van der Waals surface area contributed by atoms with Crippen LogP contribution in [0.15, 0.2) is 41.3 Å². The summed E-state index contributed by atoms with van der Waals surface area (Å²) in [6.07, 6.45) is 5.50. The SMILES string of the molecule is CCOc1cc(C(C)N2CCc3c(Br)cc(Cn4ccnc4NC)cc3C2=O)ncc1F. The fraction of sp³-hybridized carbons (Fsp3) is 0.348. The van der Waals surface area contributed by atoms with Crippen LogP contribution in [0, 0.1) is 5.82 Å². The lowest BCUT2D eigenvalue weighted by atomic mass is 9.95. The molecule has 0 saturated heterocycles. The maximum atomic E-state index is 14.0. The molecule has 32 heavy (non-hydrogen) atoms. The molecule has 1 N–H and O–H groups in total. The van der Waals surface area contributed by atoms with E-state index in [1.807, 2.05) is 30.8 Å². The summed E-state index contributed by atoms with van der Waals surface area (Å²) >= 11 is 3.65. The minimum atomic E-state index is -0.507. The number of pyridine rings is 1. The molecule has 0 saturated carbocycles. The topological polar surface area (TPSA) is 72.3 Å². The van der Waals surface area contributed by atoms with E-state index in [0.717, 1.165) is 34.2 Å². The van der Waals surface area contributed by atoms with Gasteiger partial charge in [-0.15, -0.1) is 0 Å². The van der Waals surface area contributed by atoms with E-state index >= 15 is 0 Å². The average Bonchev–Trinajstić information content (AvgIpc) is 3.23. The summed E-state index contributed by atoms with van der Waals surface area (Å²) in [5, 5.41) is 3.06. The Kier molecular flexibility index (Phi) is 6.45. The molecule has 3 aromatic rings. The molecule has 1 aromatic carbocycles. The maximum Gasteiger partial charge on any atom is 0.254 e. The Balaban J connectivity index is 1.62. The van der Waals surface area contributed by atoms with E-state index in [2.05, 4.69) is 37.3 Å². The lowest BCUT2D eigenvalue weighted by Gasteiger charge is -2.34. The molecule has 4 rings (SSSR count). The van der Waals surface area contributed by atoms with Gasteiger partial charge < -0.3 is 19.5 Å². The highest BCUT2D eigenvalue weighted by Gasteiger charge is 2.31. The molecule has 7 nitrogen and oxygen atoms in total. The third-order valence-corrected chi connectivity index (χ3v) is 6.39. The summed E-state index contributed by atoms with van der Waals surface area (Å²) < 4.78 is 22.2. The second-order valence-corrected chi connectivity index (χ2v) is 8.48. The van der Waals surface area contributed by atoms with Crippen molar-refractivity contribution < 1.29 is 13.9 Å². The van der Waals surface area contributed by atoms with Gasteiger partial charge in [-0.2, -0.15) is 0 Å². The molecule has 168 valence electrons. The first kappa shape index (κ1) is 22.3. The largest absolute Gasteiger partial charge is 0.491 e. The number of carbonyl (C=O) groups is 1. The van der Waals surface area contributed by atoms with Crippen LogP contribution in [-0.2, 0) is 13.0 Å². The summed E-state index contributed by atoms with van der Waals surface area (Å²) in [5.41, 5.74) is 3.26. The normalized spacial score (nSPS) is 14.3. The summed E-state index contributed by atoms with van der Waals surface area (Å²) in [7, 11) is 1.82. The molecule has 1 aliphatic rings. The van der Waals surface area contributed by atoms with E-state index in [9.17, 15) is 9.18 Å². The van der Waals surface area contributed by atoms with E-state index in [1.54, 1.807) is 24.1 Å². The van der Waals surface area contributed by atoms with Crippen LogP contribution >= 0.6 is 15.9 Å². The average molecular weight is 502 g/mol. The minimum absolute atomic E-state index is 0.0649. The Morgan fingerprint density at radius 1 is 1.31 bits per heavy atom. The molecular weight excluding hydrogens is 477 g/mol. The molecule has 1 amide bonds. The number of aromatic nitrogens is 3. The van der Waals surface area contributed by atoms with Crippen LogP contribution in [0.5, 0.6) is 5.75 Å². The Hall–Kier alpha value is -2.94. The maximum absolute atomic E-state index is 14.0. The van der Waals surface area contributed by atoms with Gasteiger partial charge in [0.15, 0.2) is 11.6 Å². The number of hydrogen-bond acceptors (Lipinski definition) is 5. The van der Waals surface area contributed by atoms with E-state index in [0.29, 0.717) is 31.0 Å². The third kappa shape index (κ3) is 4.21. The number of amides is 1. The Morgan fingerprint density at radius 3 is 2.88 bits per heavy atom. The standard InChI is InChI=1S/C23H25BrFN5O2/c1-4-32-21-11-20(28-12-19(21)25)14(2)30-7-5-16-17(22(30)31)9-15(10-18(16)24)13-29-8-6-27-23(29)26-3/h6,8-12,14H,4-5,7,13H2,1-3H3,(H,26,27). The van der Waals surface area contributed by atoms with Crippen molar-refractivity contribution in [2.75, 3.05) is 25.5 Å². The van der Waals surface area contributed by atoms with Crippen molar-refractivity contribution in [3.8, 4) is 5.75 Å². The molecule has 0 aliphatic carbocycles. The molecular formula is C23H25BrFN5O2. The monoisotopic (exact) mass is 501 g/mol. The van der Waals surface area contributed by atoms with Crippen LogP contribution in [0.3, 0.4) is 0 Å². The minimum Gasteiger partial charge on any atom is -0.491 e. The fourth-order valence-electron chi connectivity index (χ4n) is 4.04. The fourth-order valence-corrected chi connectivity index (χ4v) is 4.74. The molecule has 1 aliphatic heterocycles. The Morgan fingerprint density at radius 2 is 2.12 bits per heavy atom. The van der Waals surface area contributed by atoms with E-state index in [1.165, 1.54) is 0 Å². The zero-order valence-electron chi connectivity index (χ0n) is 18.2. The van der Waals surface area contributed by atoms with Gasteiger partial charge in [0.05, 0.1) is 31.1 Å². The molecule has 0 bridgehead atoms. The quantitative estimate of drug-likeness (QED) is 0.518. The van der Waals surface area contributed by atoms with E-state index < -0.39 is 5.82 Å². The molecule has 0 spiro atoms. The molecule has 2 aromatic heterocycles. The van der Waals surface area contributed by atoms with E-state index in [-0.39, 0.29) is 17.7 Å². The first-order valence-corrected chi connectivity index (χ1v) is 11.3. The number of carbonyl (C=O) groups excluding carboxylic acids is 1. The van der Waals surface area contributed by atoms with Gasteiger partial charge >= 0.3 is 0 Å². The number of halogens is 2. The van der Waals surface area contributed by atoms with Crippen molar-refractivity contribution in [2.24, 2.45) is 0 Å². The van der Waals surface area contributed by atoms with Gasteiger partial charge in [-0.3, -0.25) is 9.78 Å². The van der Waals surface area contributed by atoms with Gasteiger partial charge in [0.1, 0.15) is 0 Å². The zero-order valence-corrected chi connectivity index (χ0v) is 19.8. The van der Waals surface area contributed by atoms with Gasteiger partial charge in [-0.05, 0) is 43.5 Å². The van der Waals surface area contributed by atoms with Gasteiger partial charge in [-0.25, -0.2) is 9.37 Å². The first-order chi connectivity index (χ1) is 15.4. The number of benzene rings is 1. The van der Waals surface area contributed by atoms with Gasteiger partial charge in [0.25, 0.3) is 5.91 Å². The van der Waals surface area contributed by atoms with Crippen molar-refractivity contribution in [2.45, 2.75) is 32.9 Å². The van der Waals surface area contributed by atoms with Crippen LogP contribution in [0.4, 0.5) is 10.3 Å². The van der Waals surface area contributed by atoms with Crippen LogP contribution < -0.4 is 10.1 Å². The first-order valence-electron chi connectivity index (χ1n) is 10.5. The van der Waals surface area contributed by atoms with E-state index in [4.69, 9.17) is 4.74 Å². The van der Waals surface area contributed by atoms with Gasteiger partial charge in [-0.1, -0.05) is 15.9 Å². The van der Waals surface area contributed by atoms with Gasteiger partial charge in [0.2, 0.25) is 5.95 Å². The number of ether oxygens (including phenoxy) is 1. The molecule has 3 heterocycles. The number of hydrogen-bond donors (Lipinski definition) is 1. The zero-order chi connectivity index (χ0) is 22.8. The van der Waals surface area contributed by atoms with Crippen LogP contribution in [0.2, 0.25) is 0 Å². The second-order valence-electron chi connectivity index (χ2n) is 7.63. The number of nitrogens with zero attached hydrogens (tertiary/aromatic N) is 4. The highest BCUT2D eigenvalue weighted by Crippen LogP contribution is 2.33. The van der Waals surface area contributed by atoms with Crippen molar-refractivity contribution in [3.63, 3.8) is 0 Å². The third-order valence-electron chi connectivity index (χ3n) is 5.68. The molecule has 9 heteroatoms. The summed E-state index contributed by atoms with van der Waals surface area (Å²) in [4.78, 5) is 23.7. The van der Waals surface area contributed by atoms with Crippen LogP contribution in [0.25, 0.3) is 0 Å². The van der Waals surface area contributed by atoms with Crippen molar-refractivity contribution in [1.29, 1.82) is 0 Å². The number of nitrogens with one attached hydrogen (secondary N) is 1. The Labute approximate surface area is 194 Å². The molecule has 0 radical (unpaired) electrons. The predicted octanol–water partition coefficient (Wildman–Crippen LogP) is 4.43. The van der Waals surface area contributed by atoms with Crippen molar-refractivity contribution in [3.05, 3.63) is 69.5 Å². The second kappa shape index (κ2) is 9.28. The molecule has 0 fully saturated rings. The predicted molar refractivity (Wildman–Crippen MR) is 124 cm³/mol. The molecule has 1 atom stereocenters. The van der Waals surface area contributed by atoms with Crippen LogP contribution in [0.1, 0.15) is 47.1 Å². The van der Waals surface area contributed by atoms with Crippen LogP contribution in [-0.4, -0.2) is 45.5 Å². The lowest BCUT2D eigenvalue weighted by Crippen LogP contribution is -2.40. The van der Waals surface area contributed by atoms with Crippen molar-refractivity contribution >= 4 is 27.8 Å². The number of anilines is 1. The smallest absolute Gasteiger partial charge is 0.254 e. The summed E-state index contributed by atoms with van der Waals surface area (Å²) in [6.45, 7) is 5.20. The summed E-state index contributed by atoms with van der Waals surface area (Å²) in [5.74, 6) is 0.338. The number of imidazole rings is 1.